The molecule has 120 valence electrons. The molecule has 0 N–H and O–H groups in total. The van der Waals surface area contributed by atoms with Crippen LogP contribution in [-0.4, -0.2) is 36.7 Å². The Balaban J connectivity index is 2.08. The van der Waals surface area contributed by atoms with Gasteiger partial charge in [-0.15, -0.1) is 0 Å². The van der Waals surface area contributed by atoms with E-state index in [0.29, 0.717) is 17.6 Å². The number of hydrogen-bond acceptors (Lipinski definition) is 3. The molecule has 4 unspecified atom stereocenters. The molecule has 3 nitrogen and oxygen atoms in total. The summed E-state index contributed by atoms with van der Waals surface area (Å²) in [4.78, 5) is 2.56. The van der Waals surface area contributed by atoms with Gasteiger partial charge in [-0.25, -0.2) is 0 Å². The average molecular weight is 292 g/mol. The third-order valence-corrected chi connectivity index (χ3v) is 6.09. The van der Waals surface area contributed by atoms with E-state index in [0.717, 1.165) is 38.5 Å². The van der Waals surface area contributed by atoms with Crippen molar-refractivity contribution in [2.24, 2.45) is 17.3 Å². The molecular weight excluding hydrogens is 260 g/mol. The molecule has 0 spiro atoms. The van der Waals surface area contributed by atoms with Crippen LogP contribution in [0.2, 0.25) is 0 Å². The SMILES string of the molecule is CCC1CN(C2CC(C(C)(C)CC)CCC2C#N)CCO1. The van der Waals surface area contributed by atoms with Crippen molar-refractivity contribution < 1.29 is 4.74 Å². The highest BCUT2D eigenvalue weighted by atomic mass is 16.5. The molecule has 21 heavy (non-hydrogen) atoms. The number of morpholine rings is 1. The van der Waals surface area contributed by atoms with E-state index in [1.54, 1.807) is 0 Å². The van der Waals surface area contributed by atoms with Gasteiger partial charge in [-0.2, -0.15) is 5.26 Å². The van der Waals surface area contributed by atoms with Gasteiger partial charge in [0.15, 0.2) is 0 Å². The van der Waals surface area contributed by atoms with E-state index in [2.05, 4.69) is 38.7 Å². The van der Waals surface area contributed by atoms with Crippen molar-refractivity contribution in [3.8, 4) is 6.07 Å². The van der Waals surface area contributed by atoms with E-state index in [1.807, 2.05) is 0 Å². The van der Waals surface area contributed by atoms with Crippen molar-refractivity contribution in [2.75, 3.05) is 19.7 Å². The summed E-state index contributed by atoms with van der Waals surface area (Å²) < 4.78 is 5.81. The average Bonchev–Trinajstić information content (AvgIpc) is 2.54. The molecule has 0 bridgehead atoms. The Hall–Kier alpha value is -0.590. The maximum absolute atomic E-state index is 9.55. The minimum Gasteiger partial charge on any atom is -0.376 e. The van der Waals surface area contributed by atoms with Crippen molar-refractivity contribution in [3.05, 3.63) is 0 Å². The fraction of sp³-hybridized carbons (Fsp3) is 0.944. The summed E-state index contributed by atoms with van der Waals surface area (Å²) >= 11 is 0. The molecule has 2 aliphatic rings. The van der Waals surface area contributed by atoms with Crippen LogP contribution in [0, 0.1) is 28.6 Å². The Morgan fingerprint density at radius 2 is 2.05 bits per heavy atom. The molecule has 2 fully saturated rings. The third-order valence-electron chi connectivity index (χ3n) is 6.09. The summed E-state index contributed by atoms with van der Waals surface area (Å²) in [5, 5.41) is 9.55. The summed E-state index contributed by atoms with van der Waals surface area (Å²) in [5.41, 5.74) is 0.398. The molecule has 0 radical (unpaired) electrons. The zero-order chi connectivity index (χ0) is 15.5. The van der Waals surface area contributed by atoms with E-state index < -0.39 is 0 Å². The molecule has 0 aromatic rings. The highest BCUT2D eigenvalue weighted by molar-refractivity contribution is 5.00. The highest BCUT2D eigenvalue weighted by Crippen LogP contribution is 2.43. The van der Waals surface area contributed by atoms with Crippen LogP contribution in [0.4, 0.5) is 0 Å². The first kappa shape index (κ1) is 16.8. The molecule has 1 aliphatic carbocycles. The van der Waals surface area contributed by atoms with E-state index in [1.165, 1.54) is 19.3 Å². The minimum atomic E-state index is 0.213. The van der Waals surface area contributed by atoms with Crippen LogP contribution in [0.3, 0.4) is 0 Å². The summed E-state index contributed by atoms with van der Waals surface area (Å²) in [7, 11) is 0. The number of ether oxygens (including phenoxy) is 1. The van der Waals surface area contributed by atoms with Crippen LogP contribution >= 0.6 is 0 Å². The topological polar surface area (TPSA) is 36.3 Å². The lowest BCUT2D eigenvalue weighted by Crippen LogP contribution is -2.52. The third kappa shape index (κ3) is 3.79. The summed E-state index contributed by atoms with van der Waals surface area (Å²) in [6, 6.07) is 3.03. The van der Waals surface area contributed by atoms with Crippen molar-refractivity contribution in [3.63, 3.8) is 0 Å². The highest BCUT2D eigenvalue weighted by Gasteiger charge is 2.40. The normalized spacial score (nSPS) is 35.4. The molecule has 4 atom stereocenters. The van der Waals surface area contributed by atoms with E-state index in [4.69, 9.17) is 4.74 Å². The standard InChI is InChI=1S/C18H32N2O/c1-5-16-13-20(9-10-21-16)17-11-15(18(3,4)6-2)8-7-14(17)12-19/h14-17H,5-11,13H2,1-4H3. The van der Waals surface area contributed by atoms with Gasteiger partial charge in [-0.1, -0.05) is 34.1 Å². The number of nitrogens with zero attached hydrogens (tertiary/aromatic N) is 2. The lowest BCUT2D eigenvalue weighted by atomic mass is 9.66. The number of nitriles is 1. The number of hydrogen-bond donors (Lipinski definition) is 0. The predicted octanol–water partition coefficient (Wildman–Crippen LogP) is 3.84. The van der Waals surface area contributed by atoms with Crippen LogP contribution in [0.1, 0.15) is 59.8 Å². The van der Waals surface area contributed by atoms with Gasteiger partial charge in [0.25, 0.3) is 0 Å². The van der Waals surface area contributed by atoms with Crippen molar-refractivity contribution in [1.29, 1.82) is 5.26 Å². The van der Waals surface area contributed by atoms with Crippen molar-refractivity contribution in [1.82, 2.24) is 4.90 Å². The summed E-state index contributed by atoms with van der Waals surface area (Å²) in [6.07, 6.45) is 6.14. The van der Waals surface area contributed by atoms with Crippen LogP contribution in [0.5, 0.6) is 0 Å². The van der Waals surface area contributed by atoms with Gasteiger partial charge in [0.2, 0.25) is 0 Å². The Morgan fingerprint density at radius 3 is 2.67 bits per heavy atom. The second-order valence-corrected chi connectivity index (χ2v) is 7.55. The molecule has 1 saturated carbocycles. The lowest BCUT2D eigenvalue weighted by Gasteiger charge is -2.47. The van der Waals surface area contributed by atoms with Gasteiger partial charge < -0.3 is 4.74 Å². The van der Waals surface area contributed by atoms with E-state index in [9.17, 15) is 5.26 Å². The van der Waals surface area contributed by atoms with Gasteiger partial charge in [0.1, 0.15) is 0 Å². The molecule has 3 heteroatoms. The van der Waals surface area contributed by atoms with Gasteiger partial charge in [-0.3, -0.25) is 4.90 Å². The van der Waals surface area contributed by atoms with Crippen LogP contribution in [0.15, 0.2) is 0 Å². The van der Waals surface area contributed by atoms with Crippen LogP contribution in [-0.2, 0) is 4.74 Å². The summed E-state index contributed by atoms with van der Waals surface area (Å²) in [5.74, 6) is 0.963. The fourth-order valence-electron chi connectivity index (χ4n) is 3.99. The maximum atomic E-state index is 9.55. The Morgan fingerprint density at radius 1 is 1.29 bits per heavy atom. The van der Waals surface area contributed by atoms with Crippen LogP contribution in [0.25, 0.3) is 0 Å². The van der Waals surface area contributed by atoms with Gasteiger partial charge >= 0.3 is 0 Å². The molecule has 0 amide bonds. The quantitative estimate of drug-likeness (QED) is 0.790. The first-order valence-corrected chi connectivity index (χ1v) is 8.77. The summed E-state index contributed by atoms with van der Waals surface area (Å²) in [6.45, 7) is 12.1. The van der Waals surface area contributed by atoms with E-state index >= 15 is 0 Å². The monoisotopic (exact) mass is 292 g/mol. The lowest BCUT2D eigenvalue weighted by molar-refractivity contribution is -0.0636. The molecule has 1 saturated heterocycles. The molecule has 2 rings (SSSR count). The molecule has 0 aromatic carbocycles. The van der Waals surface area contributed by atoms with Gasteiger partial charge in [0, 0.05) is 19.1 Å². The minimum absolute atomic E-state index is 0.213. The van der Waals surface area contributed by atoms with Crippen molar-refractivity contribution >= 4 is 0 Å². The van der Waals surface area contributed by atoms with Crippen LogP contribution < -0.4 is 0 Å². The second kappa shape index (κ2) is 7.11. The molecule has 1 aliphatic heterocycles. The maximum Gasteiger partial charge on any atom is 0.0700 e. The zero-order valence-electron chi connectivity index (χ0n) is 14.3. The smallest absolute Gasteiger partial charge is 0.0700 e. The predicted molar refractivity (Wildman–Crippen MR) is 85.9 cm³/mol. The van der Waals surface area contributed by atoms with Gasteiger partial charge in [0.05, 0.1) is 24.7 Å². The molecule has 0 aromatic heterocycles. The Labute approximate surface area is 130 Å². The Bertz CT molecular complexity index is 374. The number of rotatable bonds is 4. The molecule has 1 heterocycles. The fourth-order valence-corrected chi connectivity index (χ4v) is 3.99. The Kier molecular flexibility index (Phi) is 5.68. The molecular formula is C18H32N2O. The second-order valence-electron chi connectivity index (χ2n) is 7.55. The van der Waals surface area contributed by atoms with Crippen molar-refractivity contribution in [2.45, 2.75) is 71.9 Å². The first-order chi connectivity index (χ1) is 10.0. The zero-order valence-corrected chi connectivity index (χ0v) is 14.3. The first-order valence-electron chi connectivity index (χ1n) is 8.77. The largest absolute Gasteiger partial charge is 0.376 e. The van der Waals surface area contributed by atoms with E-state index in [-0.39, 0.29) is 5.92 Å². The van der Waals surface area contributed by atoms with Gasteiger partial charge in [-0.05, 0) is 37.0 Å².